The number of hydrogen-bond acceptors (Lipinski definition) is 6. The first kappa shape index (κ1) is 22.4. The average molecular weight is 469 g/mol. The van der Waals surface area contributed by atoms with E-state index in [1.807, 2.05) is 13.0 Å². The molecule has 1 amide bonds. The Labute approximate surface area is 187 Å². The smallest absolute Gasteiger partial charge is 0.329 e. The highest BCUT2D eigenvalue weighted by Crippen LogP contribution is 2.43. The van der Waals surface area contributed by atoms with Gasteiger partial charge in [0.05, 0.1) is 22.1 Å². The molecule has 2 atom stereocenters. The SMILES string of the molecule is CCCOC(=O)C1CSC(c2cccc(Cl)c2)N1C(=O)c1ccc([N+](=O)[O-])cc1Cl. The molecular weight excluding hydrogens is 451 g/mol. The van der Waals surface area contributed by atoms with Crippen LogP contribution in [0.3, 0.4) is 0 Å². The molecular formula is C20H18Cl2N2O5S. The molecule has 1 saturated heterocycles. The molecule has 30 heavy (non-hydrogen) atoms. The largest absolute Gasteiger partial charge is 0.464 e. The van der Waals surface area contributed by atoms with Crippen LogP contribution in [0.25, 0.3) is 0 Å². The van der Waals surface area contributed by atoms with Crippen LogP contribution in [0.5, 0.6) is 0 Å². The first-order chi connectivity index (χ1) is 14.3. The molecule has 0 aromatic heterocycles. The topological polar surface area (TPSA) is 89.8 Å². The summed E-state index contributed by atoms with van der Waals surface area (Å²) in [6, 6.07) is 9.86. The summed E-state index contributed by atoms with van der Waals surface area (Å²) in [5.74, 6) is -0.667. The summed E-state index contributed by atoms with van der Waals surface area (Å²) in [6.45, 7) is 2.13. The van der Waals surface area contributed by atoms with Crippen molar-refractivity contribution in [2.75, 3.05) is 12.4 Å². The molecule has 0 spiro atoms. The Bertz CT molecular complexity index is 987. The normalized spacial score (nSPS) is 18.3. The van der Waals surface area contributed by atoms with Gasteiger partial charge in [-0.1, -0.05) is 42.3 Å². The maximum absolute atomic E-state index is 13.4. The summed E-state index contributed by atoms with van der Waals surface area (Å²) in [5.41, 5.74) is 0.604. The second kappa shape index (κ2) is 9.68. The van der Waals surface area contributed by atoms with Crippen molar-refractivity contribution >= 4 is 52.5 Å². The van der Waals surface area contributed by atoms with Gasteiger partial charge in [0.2, 0.25) is 0 Å². The molecule has 2 unspecified atom stereocenters. The minimum atomic E-state index is -0.815. The molecule has 3 rings (SSSR count). The summed E-state index contributed by atoms with van der Waals surface area (Å²) in [4.78, 5) is 37.9. The highest BCUT2D eigenvalue weighted by Gasteiger charge is 2.44. The number of amides is 1. The van der Waals surface area contributed by atoms with Crippen LogP contribution >= 0.6 is 35.0 Å². The first-order valence-electron chi connectivity index (χ1n) is 9.13. The van der Waals surface area contributed by atoms with Gasteiger partial charge in [0.15, 0.2) is 0 Å². The lowest BCUT2D eigenvalue weighted by atomic mass is 10.1. The van der Waals surface area contributed by atoms with Crippen molar-refractivity contribution in [2.45, 2.75) is 24.8 Å². The number of carbonyl (C=O) groups excluding carboxylic acids is 2. The Balaban J connectivity index is 1.99. The fourth-order valence-corrected chi connectivity index (χ4v) is 4.94. The number of nitrogens with zero attached hydrogens (tertiary/aromatic N) is 2. The second-order valence-electron chi connectivity index (χ2n) is 6.56. The summed E-state index contributed by atoms with van der Waals surface area (Å²) in [7, 11) is 0. The van der Waals surface area contributed by atoms with Crippen LogP contribution in [-0.4, -0.2) is 40.1 Å². The number of nitro benzene ring substituents is 1. The molecule has 1 aliphatic heterocycles. The second-order valence-corrected chi connectivity index (χ2v) is 8.51. The highest BCUT2D eigenvalue weighted by atomic mass is 35.5. The molecule has 0 N–H and O–H groups in total. The Kier molecular flexibility index (Phi) is 7.23. The summed E-state index contributed by atoms with van der Waals surface area (Å²) < 4.78 is 5.29. The zero-order chi connectivity index (χ0) is 21.8. The zero-order valence-corrected chi connectivity index (χ0v) is 18.2. The number of esters is 1. The van der Waals surface area contributed by atoms with Crippen molar-refractivity contribution in [1.29, 1.82) is 0 Å². The number of halogens is 2. The molecule has 0 aliphatic carbocycles. The van der Waals surface area contributed by atoms with Gasteiger partial charge in [-0.05, 0) is 30.2 Å². The molecule has 10 heteroatoms. The van der Waals surface area contributed by atoms with Crippen molar-refractivity contribution in [3.8, 4) is 0 Å². The molecule has 7 nitrogen and oxygen atoms in total. The van der Waals surface area contributed by atoms with E-state index in [1.165, 1.54) is 28.8 Å². The van der Waals surface area contributed by atoms with Crippen LogP contribution in [-0.2, 0) is 9.53 Å². The van der Waals surface area contributed by atoms with Gasteiger partial charge in [-0.2, -0.15) is 0 Å². The third-order valence-corrected chi connectivity index (χ3v) is 6.35. The molecule has 1 aliphatic rings. The van der Waals surface area contributed by atoms with Gasteiger partial charge in [-0.25, -0.2) is 4.79 Å². The van der Waals surface area contributed by atoms with Gasteiger partial charge in [0, 0.05) is 22.9 Å². The molecule has 2 aromatic rings. The van der Waals surface area contributed by atoms with E-state index in [4.69, 9.17) is 27.9 Å². The number of ether oxygens (including phenoxy) is 1. The van der Waals surface area contributed by atoms with Crippen LogP contribution in [0, 0.1) is 10.1 Å². The van der Waals surface area contributed by atoms with Gasteiger partial charge in [0.1, 0.15) is 11.4 Å². The van der Waals surface area contributed by atoms with Crippen LogP contribution in [0.4, 0.5) is 5.69 Å². The maximum Gasteiger partial charge on any atom is 0.329 e. The number of benzene rings is 2. The predicted molar refractivity (Wildman–Crippen MR) is 116 cm³/mol. The van der Waals surface area contributed by atoms with E-state index in [0.29, 0.717) is 17.2 Å². The monoisotopic (exact) mass is 468 g/mol. The van der Waals surface area contributed by atoms with E-state index in [9.17, 15) is 19.7 Å². The molecule has 2 aromatic carbocycles. The molecule has 0 bridgehead atoms. The van der Waals surface area contributed by atoms with Crippen LogP contribution in [0.2, 0.25) is 10.0 Å². The van der Waals surface area contributed by atoms with Crippen molar-refractivity contribution < 1.29 is 19.2 Å². The minimum absolute atomic E-state index is 0.0587. The lowest BCUT2D eigenvalue weighted by molar-refractivity contribution is -0.384. The number of nitro groups is 1. The van der Waals surface area contributed by atoms with Crippen LogP contribution in [0.1, 0.15) is 34.6 Å². The Morgan fingerprint density at radius 2 is 2.03 bits per heavy atom. The average Bonchev–Trinajstić information content (AvgIpc) is 3.16. The Morgan fingerprint density at radius 3 is 2.67 bits per heavy atom. The fourth-order valence-electron chi connectivity index (χ4n) is 3.08. The van der Waals surface area contributed by atoms with Gasteiger partial charge < -0.3 is 9.64 Å². The van der Waals surface area contributed by atoms with E-state index < -0.39 is 28.2 Å². The number of thioether (sulfide) groups is 1. The number of carbonyl (C=O) groups is 2. The van der Waals surface area contributed by atoms with Crippen molar-refractivity contribution in [1.82, 2.24) is 4.90 Å². The van der Waals surface area contributed by atoms with Crippen LogP contribution in [0.15, 0.2) is 42.5 Å². The molecule has 1 heterocycles. The minimum Gasteiger partial charge on any atom is -0.464 e. The van der Waals surface area contributed by atoms with Crippen molar-refractivity contribution in [2.24, 2.45) is 0 Å². The van der Waals surface area contributed by atoms with E-state index in [1.54, 1.807) is 18.2 Å². The standard InChI is InChI=1S/C20H18Cl2N2O5S/c1-2-8-29-20(26)17-11-30-19(12-4-3-5-13(21)9-12)23(17)18(25)15-7-6-14(24(27)28)10-16(15)22/h3-7,9-10,17,19H,2,8,11H2,1H3. The van der Waals surface area contributed by atoms with E-state index >= 15 is 0 Å². The predicted octanol–water partition coefficient (Wildman–Crippen LogP) is 5.11. The van der Waals surface area contributed by atoms with Crippen molar-refractivity contribution in [3.05, 3.63) is 73.8 Å². The molecule has 1 fully saturated rings. The number of hydrogen-bond donors (Lipinski definition) is 0. The summed E-state index contributed by atoms with van der Waals surface area (Å²) in [5, 5.41) is 10.9. The van der Waals surface area contributed by atoms with E-state index in [0.717, 1.165) is 11.6 Å². The fraction of sp³-hybridized carbons (Fsp3) is 0.300. The maximum atomic E-state index is 13.4. The summed E-state index contributed by atoms with van der Waals surface area (Å²) >= 11 is 13.7. The van der Waals surface area contributed by atoms with Crippen molar-refractivity contribution in [3.63, 3.8) is 0 Å². The third kappa shape index (κ3) is 4.71. The number of rotatable bonds is 6. The van der Waals surface area contributed by atoms with Gasteiger partial charge in [-0.15, -0.1) is 11.8 Å². The quantitative estimate of drug-likeness (QED) is 0.332. The first-order valence-corrected chi connectivity index (χ1v) is 10.9. The lowest BCUT2D eigenvalue weighted by Gasteiger charge is -2.29. The van der Waals surface area contributed by atoms with Crippen LogP contribution < -0.4 is 0 Å². The zero-order valence-electron chi connectivity index (χ0n) is 15.9. The van der Waals surface area contributed by atoms with Gasteiger partial charge in [-0.3, -0.25) is 14.9 Å². The third-order valence-electron chi connectivity index (χ3n) is 4.48. The molecule has 0 radical (unpaired) electrons. The lowest BCUT2D eigenvalue weighted by Crippen LogP contribution is -2.44. The van der Waals surface area contributed by atoms with E-state index in [2.05, 4.69) is 0 Å². The van der Waals surface area contributed by atoms with Gasteiger partial charge >= 0.3 is 5.97 Å². The summed E-state index contributed by atoms with van der Waals surface area (Å²) in [6.07, 6.45) is 0.658. The Hall–Kier alpha value is -2.29. The Morgan fingerprint density at radius 1 is 1.27 bits per heavy atom. The highest BCUT2D eigenvalue weighted by molar-refractivity contribution is 7.99. The molecule has 0 saturated carbocycles. The molecule has 158 valence electrons. The van der Waals surface area contributed by atoms with E-state index in [-0.39, 0.29) is 22.9 Å². The number of non-ortho nitro benzene ring substituents is 1. The van der Waals surface area contributed by atoms with Gasteiger partial charge in [0.25, 0.3) is 11.6 Å².